The molecule has 2 heterocycles. The Bertz CT molecular complexity index is 995. The van der Waals surface area contributed by atoms with Gasteiger partial charge in [0.15, 0.2) is 0 Å². The van der Waals surface area contributed by atoms with E-state index in [1.807, 2.05) is 19.1 Å². The Morgan fingerprint density at radius 2 is 1.34 bits per heavy atom. The topological polar surface area (TPSA) is 46.3 Å². The summed E-state index contributed by atoms with van der Waals surface area (Å²) < 4.78 is 3.17. The van der Waals surface area contributed by atoms with Crippen molar-refractivity contribution in [3.8, 4) is 5.69 Å². The maximum absolute atomic E-state index is 12.6. The molecule has 6 nitrogen and oxygen atoms in total. The maximum atomic E-state index is 12.6. The first-order valence-corrected chi connectivity index (χ1v) is 10.4. The van der Waals surface area contributed by atoms with Crippen LogP contribution >= 0.6 is 0 Å². The molecule has 1 fully saturated rings. The number of anilines is 2. The predicted molar refractivity (Wildman–Crippen MR) is 118 cm³/mol. The number of piperazine rings is 1. The minimum Gasteiger partial charge on any atom is -0.368 e. The zero-order valence-electron chi connectivity index (χ0n) is 17.5. The molecule has 0 aliphatic carbocycles. The van der Waals surface area contributed by atoms with Crippen LogP contribution in [0.5, 0.6) is 0 Å². The second kappa shape index (κ2) is 8.15. The van der Waals surface area contributed by atoms with Crippen molar-refractivity contribution in [3.63, 3.8) is 0 Å². The number of hydrogen-bond donors (Lipinski definition) is 0. The maximum Gasteiger partial charge on any atom is 0.350 e. The molecule has 0 bridgehead atoms. The molecule has 1 saturated heterocycles. The lowest BCUT2D eigenvalue weighted by atomic mass is 10.2. The van der Waals surface area contributed by atoms with Crippen molar-refractivity contribution >= 4 is 11.4 Å². The molecule has 0 saturated carbocycles. The summed E-state index contributed by atoms with van der Waals surface area (Å²) in [5.74, 6) is 0. The van der Waals surface area contributed by atoms with Gasteiger partial charge in [0, 0.05) is 37.6 Å². The fraction of sp³-hybridized carbons (Fsp3) is 0.391. The van der Waals surface area contributed by atoms with E-state index in [4.69, 9.17) is 0 Å². The Hall–Kier alpha value is -3.02. The number of nitrogens with zero attached hydrogens (tertiary/aromatic N) is 5. The average molecular weight is 392 g/mol. The Labute approximate surface area is 172 Å². The van der Waals surface area contributed by atoms with E-state index in [-0.39, 0.29) is 11.7 Å². The van der Waals surface area contributed by atoms with Crippen LogP contribution in [0.3, 0.4) is 0 Å². The summed E-state index contributed by atoms with van der Waals surface area (Å²) in [7, 11) is 0. The Morgan fingerprint density at radius 3 is 1.86 bits per heavy atom. The molecule has 29 heavy (non-hydrogen) atoms. The van der Waals surface area contributed by atoms with Crippen molar-refractivity contribution < 1.29 is 0 Å². The van der Waals surface area contributed by atoms with E-state index in [1.54, 1.807) is 15.6 Å². The van der Waals surface area contributed by atoms with E-state index in [9.17, 15) is 4.79 Å². The molecule has 0 radical (unpaired) electrons. The van der Waals surface area contributed by atoms with Gasteiger partial charge in [0.05, 0.1) is 11.7 Å². The summed E-state index contributed by atoms with van der Waals surface area (Å²) >= 11 is 0. The first kappa shape index (κ1) is 19.3. The summed E-state index contributed by atoms with van der Waals surface area (Å²) in [5.41, 5.74) is 4.55. The van der Waals surface area contributed by atoms with Crippen LogP contribution in [0.4, 0.5) is 11.4 Å². The summed E-state index contributed by atoms with van der Waals surface area (Å²) in [4.78, 5) is 17.4. The molecule has 0 unspecified atom stereocenters. The van der Waals surface area contributed by atoms with Crippen LogP contribution in [0.2, 0.25) is 0 Å². The minimum absolute atomic E-state index is 0.0844. The zero-order chi connectivity index (χ0) is 20.4. The van der Waals surface area contributed by atoms with Gasteiger partial charge in [-0.1, -0.05) is 24.6 Å². The minimum atomic E-state index is -0.0844. The highest BCUT2D eigenvalue weighted by Crippen LogP contribution is 2.22. The second-order valence-corrected chi connectivity index (χ2v) is 7.81. The largest absolute Gasteiger partial charge is 0.368 e. The zero-order valence-corrected chi connectivity index (χ0v) is 17.5. The van der Waals surface area contributed by atoms with Crippen molar-refractivity contribution in [2.75, 3.05) is 36.0 Å². The molecular formula is C23H29N5O. The van der Waals surface area contributed by atoms with Gasteiger partial charge in [-0.25, -0.2) is 14.0 Å². The normalized spacial score (nSPS) is 15.6. The monoisotopic (exact) mass is 391 g/mol. The highest BCUT2D eigenvalue weighted by Gasteiger charge is 2.18. The van der Waals surface area contributed by atoms with E-state index >= 15 is 0 Å². The van der Waals surface area contributed by atoms with Gasteiger partial charge >= 0.3 is 5.69 Å². The molecule has 0 N–H and O–H groups in total. The molecule has 1 aliphatic rings. The van der Waals surface area contributed by atoms with Crippen LogP contribution < -0.4 is 15.5 Å². The number of aryl methyl sites for hydroxylation is 1. The Balaban J connectivity index is 1.43. The summed E-state index contributed by atoms with van der Waals surface area (Å²) in [5, 5.41) is 4.27. The van der Waals surface area contributed by atoms with E-state index < -0.39 is 0 Å². The average Bonchev–Trinajstić information content (AvgIpc) is 3.15. The van der Waals surface area contributed by atoms with Crippen molar-refractivity contribution in [2.24, 2.45) is 0 Å². The highest BCUT2D eigenvalue weighted by molar-refractivity contribution is 5.54. The van der Waals surface area contributed by atoms with Crippen molar-refractivity contribution in [1.29, 1.82) is 0 Å². The van der Waals surface area contributed by atoms with Gasteiger partial charge in [-0.3, -0.25) is 0 Å². The fourth-order valence-electron chi connectivity index (χ4n) is 3.77. The van der Waals surface area contributed by atoms with E-state index in [1.165, 1.54) is 16.9 Å². The molecule has 0 spiro atoms. The Morgan fingerprint density at radius 1 is 0.862 bits per heavy atom. The SMILES string of the molecule is CC[C@@H](C)n1ncn(-c2ccc(N3CCN(c4ccc(C)cc4)CC3)cc2)c1=O. The van der Waals surface area contributed by atoms with Crippen LogP contribution in [0, 0.1) is 6.92 Å². The van der Waals surface area contributed by atoms with Crippen LogP contribution in [-0.4, -0.2) is 40.5 Å². The van der Waals surface area contributed by atoms with Gasteiger partial charge in [-0.2, -0.15) is 5.10 Å². The lowest BCUT2D eigenvalue weighted by Gasteiger charge is -2.37. The fourth-order valence-corrected chi connectivity index (χ4v) is 3.77. The molecule has 1 atom stereocenters. The molecule has 1 aliphatic heterocycles. The van der Waals surface area contributed by atoms with Crippen molar-refractivity contribution in [1.82, 2.24) is 14.3 Å². The Kier molecular flexibility index (Phi) is 5.43. The van der Waals surface area contributed by atoms with Crippen LogP contribution in [0.15, 0.2) is 59.7 Å². The van der Waals surface area contributed by atoms with Gasteiger partial charge < -0.3 is 9.80 Å². The van der Waals surface area contributed by atoms with Gasteiger partial charge in [0.25, 0.3) is 0 Å². The second-order valence-electron chi connectivity index (χ2n) is 7.81. The number of aromatic nitrogens is 3. The van der Waals surface area contributed by atoms with Crippen molar-refractivity contribution in [3.05, 3.63) is 70.9 Å². The van der Waals surface area contributed by atoms with Gasteiger partial charge in [-0.15, -0.1) is 0 Å². The standard InChI is InChI=1S/C23H29N5O/c1-4-19(3)28-23(29)27(17-24-28)22-11-9-21(10-12-22)26-15-13-25(14-16-26)20-7-5-18(2)6-8-20/h5-12,17,19H,4,13-16H2,1-3H3/t19-/m1/s1. The van der Waals surface area contributed by atoms with Crippen molar-refractivity contribution in [2.45, 2.75) is 33.2 Å². The molecule has 4 rings (SSSR count). The predicted octanol–water partition coefficient (Wildman–Crippen LogP) is 3.64. The van der Waals surface area contributed by atoms with E-state index in [0.717, 1.165) is 38.3 Å². The summed E-state index contributed by atoms with van der Waals surface area (Å²) in [6, 6.07) is 17.1. The quantitative estimate of drug-likeness (QED) is 0.666. The lowest BCUT2D eigenvalue weighted by Crippen LogP contribution is -2.46. The molecule has 0 amide bonds. The first-order chi connectivity index (χ1) is 14.1. The number of benzene rings is 2. The summed E-state index contributed by atoms with van der Waals surface area (Å²) in [6.45, 7) is 10.2. The third kappa shape index (κ3) is 3.92. The third-order valence-corrected chi connectivity index (χ3v) is 5.87. The highest BCUT2D eigenvalue weighted by atomic mass is 16.2. The smallest absolute Gasteiger partial charge is 0.350 e. The number of rotatable bonds is 5. The molecule has 6 heteroatoms. The lowest BCUT2D eigenvalue weighted by molar-refractivity contribution is 0.460. The van der Waals surface area contributed by atoms with Crippen LogP contribution in [0.1, 0.15) is 31.9 Å². The van der Waals surface area contributed by atoms with Crippen LogP contribution in [-0.2, 0) is 0 Å². The molecule has 1 aromatic heterocycles. The van der Waals surface area contributed by atoms with Gasteiger partial charge in [-0.05, 0) is 56.7 Å². The van der Waals surface area contributed by atoms with Gasteiger partial charge in [0.2, 0.25) is 0 Å². The number of hydrogen-bond acceptors (Lipinski definition) is 4. The molecule has 3 aromatic rings. The van der Waals surface area contributed by atoms with Gasteiger partial charge in [0.1, 0.15) is 6.33 Å². The first-order valence-electron chi connectivity index (χ1n) is 10.4. The molecule has 2 aromatic carbocycles. The summed E-state index contributed by atoms with van der Waals surface area (Å²) in [6.07, 6.45) is 2.49. The van der Waals surface area contributed by atoms with E-state index in [0.29, 0.717) is 0 Å². The molecule has 152 valence electrons. The van der Waals surface area contributed by atoms with E-state index in [2.05, 4.69) is 65.1 Å². The van der Waals surface area contributed by atoms with Crippen LogP contribution in [0.25, 0.3) is 5.69 Å². The molecular weight excluding hydrogens is 362 g/mol. The third-order valence-electron chi connectivity index (χ3n) is 5.87.